The van der Waals surface area contributed by atoms with Crippen LogP contribution < -0.4 is 0 Å². The molecule has 112 valence electrons. The van der Waals surface area contributed by atoms with E-state index in [0.717, 1.165) is 16.8 Å². The number of hydrogen-bond acceptors (Lipinski definition) is 3. The van der Waals surface area contributed by atoms with E-state index in [1.807, 2.05) is 42.6 Å². The standard InChI is InChI=1S/C17H21NO3/c1-5-10-21-13(4)16-12(3)15(17(19)20-6-2)11-14-8-7-9-18(14)16/h5,7-9,11,13H,1,6,10H2,2-4H3. The molecule has 2 heterocycles. The summed E-state index contributed by atoms with van der Waals surface area (Å²) in [6.07, 6.45) is 3.54. The van der Waals surface area contributed by atoms with Gasteiger partial charge in [-0.1, -0.05) is 6.08 Å². The summed E-state index contributed by atoms with van der Waals surface area (Å²) in [6, 6.07) is 5.77. The molecule has 2 aromatic rings. The van der Waals surface area contributed by atoms with Gasteiger partial charge in [-0.3, -0.25) is 0 Å². The Bertz CT molecular complexity index is 657. The van der Waals surface area contributed by atoms with E-state index < -0.39 is 0 Å². The molecule has 2 aromatic heterocycles. The molecule has 0 fully saturated rings. The molecule has 2 rings (SSSR count). The van der Waals surface area contributed by atoms with Gasteiger partial charge in [0.15, 0.2) is 0 Å². The first-order valence-corrected chi connectivity index (χ1v) is 7.10. The predicted octanol–water partition coefficient (Wildman–Crippen LogP) is 3.69. The summed E-state index contributed by atoms with van der Waals surface area (Å²) >= 11 is 0. The van der Waals surface area contributed by atoms with E-state index in [-0.39, 0.29) is 12.1 Å². The summed E-state index contributed by atoms with van der Waals surface area (Å²) in [5, 5.41) is 0. The van der Waals surface area contributed by atoms with Crippen LogP contribution in [0.5, 0.6) is 0 Å². The Labute approximate surface area is 125 Å². The van der Waals surface area contributed by atoms with E-state index in [1.165, 1.54) is 0 Å². The predicted molar refractivity (Wildman–Crippen MR) is 82.7 cm³/mol. The van der Waals surface area contributed by atoms with Gasteiger partial charge in [-0.05, 0) is 44.5 Å². The van der Waals surface area contributed by atoms with E-state index in [1.54, 1.807) is 13.0 Å². The maximum absolute atomic E-state index is 12.1. The third kappa shape index (κ3) is 3.00. The van der Waals surface area contributed by atoms with Gasteiger partial charge in [0.1, 0.15) is 0 Å². The van der Waals surface area contributed by atoms with Crippen molar-refractivity contribution in [2.75, 3.05) is 13.2 Å². The van der Waals surface area contributed by atoms with Gasteiger partial charge in [0.25, 0.3) is 0 Å². The molecule has 4 heteroatoms. The van der Waals surface area contributed by atoms with Crippen molar-refractivity contribution in [3.05, 3.63) is 53.9 Å². The fourth-order valence-electron chi connectivity index (χ4n) is 2.52. The first-order chi connectivity index (χ1) is 10.1. The number of carbonyl (C=O) groups is 1. The van der Waals surface area contributed by atoms with Crippen LogP contribution in [0.15, 0.2) is 37.1 Å². The van der Waals surface area contributed by atoms with E-state index in [0.29, 0.717) is 18.8 Å². The van der Waals surface area contributed by atoms with Crippen LogP contribution >= 0.6 is 0 Å². The van der Waals surface area contributed by atoms with Gasteiger partial charge in [0, 0.05) is 11.7 Å². The van der Waals surface area contributed by atoms with Gasteiger partial charge < -0.3 is 13.9 Å². The molecule has 0 aromatic carbocycles. The summed E-state index contributed by atoms with van der Waals surface area (Å²) in [5.74, 6) is -0.295. The summed E-state index contributed by atoms with van der Waals surface area (Å²) in [6.45, 7) is 10.2. The molecule has 0 aliphatic rings. The van der Waals surface area contributed by atoms with Crippen LogP contribution in [0.3, 0.4) is 0 Å². The number of hydrogen-bond donors (Lipinski definition) is 0. The number of carbonyl (C=O) groups excluding carboxylic acids is 1. The first-order valence-electron chi connectivity index (χ1n) is 7.10. The molecule has 0 bridgehead atoms. The normalized spacial score (nSPS) is 12.3. The highest BCUT2D eigenvalue weighted by Crippen LogP contribution is 2.26. The van der Waals surface area contributed by atoms with Crippen molar-refractivity contribution in [1.82, 2.24) is 4.40 Å². The highest BCUT2D eigenvalue weighted by Gasteiger charge is 2.20. The number of ether oxygens (including phenoxy) is 2. The maximum atomic E-state index is 12.1. The molecule has 0 saturated carbocycles. The molecule has 0 saturated heterocycles. The second kappa shape index (κ2) is 6.59. The van der Waals surface area contributed by atoms with Crippen LogP contribution in [0.2, 0.25) is 0 Å². The summed E-state index contributed by atoms with van der Waals surface area (Å²) in [5.41, 5.74) is 3.39. The largest absolute Gasteiger partial charge is 0.462 e. The van der Waals surface area contributed by atoms with Gasteiger partial charge in [-0.2, -0.15) is 0 Å². The third-order valence-electron chi connectivity index (χ3n) is 3.46. The zero-order chi connectivity index (χ0) is 15.4. The van der Waals surface area contributed by atoms with Crippen LogP contribution in [-0.2, 0) is 9.47 Å². The Balaban J connectivity index is 2.55. The Morgan fingerprint density at radius 3 is 2.95 bits per heavy atom. The molecule has 21 heavy (non-hydrogen) atoms. The molecule has 0 N–H and O–H groups in total. The van der Waals surface area contributed by atoms with Gasteiger partial charge >= 0.3 is 5.97 Å². The second-order valence-electron chi connectivity index (χ2n) is 4.86. The molecule has 1 unspecified atom stereocenters. The Hall–Kier alpha value is -2.07. The van der Waals surface area contributed by atoms with E-state index in [2.05, 4.69) is 6.58 Å². The van der Waals surface area contributed by atoms with Crippen molar-refractivity contribution in [1.29, 1.82) is 0 Å². The van der Waals surface area contributed by atoms with Gasteiger partial charge in [0.05, 0.1) is 30.6 Å². The zero-order valence-electron chi connectivity index (χ0n) is 12.8. The average Bonchev–Trinajstić information content (AvgIpc) is 2.92. The van der Waals surface area contributed by atoms with Gasteiger partial charge in [-0.15, -0.1) is 6.58 Å². The Morgan fingerprint density at radius 1 is 1.52 bits per heavy atom. The first kappa shape index (κ1) is 15.3. The van der Waals surface area contributed by atoms with Crippen LogP contribution in [0.25, 0.3) is 5.52 Å². The molecule has 4 nitrogen and oxygen atoms in total. The lowest BCUT2D eigenvalue weighted by Gasteiger charge is -2.19. The lowest BCUT2D eigenvalue weighted by atomic mass is 10.0. The Morgan fingerprint density at radius 2 is 2.29 bits per heavy atom. The van der Waals surface area contributed by atoms with Crippen molar-refractivity contribution in [3.8, 4) is 0 Å². The Kier molecular flexibility index (Phi) is 4.81. The van der Waals surface area contributed by atoms with Crippen LogP contribution in [0, 0.1) is 6.92 Å². The molecule has 0 spiro atoms. The highest BCUT2D eigenvalue weighted by atomic mass is 16.5. The van der Waals surface area contributed by atoms with Gasteiger partial charge in [0.2, 0.25) is 0 Å². The molecular weight excluding hydrogens is 266 g/mol. The quantitative estimate of drug-likeness (QED) is 0.601. The second-order valence-corrected chi connectivity index (χ2v) is 4.86. The van der Waals surface area contributed by atoms with Crippen LogP contribution in [-0.4, -0.2) is 23.6 Å². The lowest BCUT2D eigenvalue weighted by molar-refractivity contribution is 0.0524. The van der Waals surface area contributed by atoms with Gasteiger partial charge in [-0.25, -0.2) is 4.79 Å². The topological polar surface area (TPSA) is 39.9 Å². The summed E-state index contributed by atoms with van der Waals surface area (Å²) < 4.78 is 12.9. The monoisotopic (exact) mass is 287 g/mol. The minimum atomic E-state index is -0.295. The van der Waals surface area contributed by atoms with Crippen molar-refractivity contribution in [3.63, 3.8) is 0 Å². The smallest absolute Gasteiger partial charge is 0.338 e. The van der Waals surface area contributed by atoms with Crippen LogP contribution in [0.4, 0.5) is 0 Å². The number of pyridine rings is 1. The maximum Gasteiger partial charge on any atom is 0.338 e. The van der Waals surface area contributed by atoms with E-state index in [4.69, 9.17) is 9.47 Å². The van der Waals surface area contributed by atoms with Crippen LogP contribution in [0.1, 0.15) is 41.6 Å². The molecule has 0 amide bonds. The molecular formula is C17H21NO3. The average molecular weight is 287 g/mol. The van der Waals surface area contributed by atoms with Crippen molar-refractivity contribution in [2.24, 2.45) is 0 Å². The minimum absolute atomic E-state index is 0.146. The fourth-order valence-corrected chi connectivity index (χ4v) is 2.52. The molecule has 1 atom stereocenters. The number of esters is 1. The van der Waals surface area contributed by atoms with E-state index >= 15 is 0 Å². The lowest BCUT2D eigenvalue weighted by Crippen LogP contribution is -2.14. The highest BCUT2D eigenvalue weighted by molar-refractivity contribution is 5.92. The zero-order valence-corrected chi connectivity index (χ0v) is 12.8. The summed E-state index contributed by atoms with van der Waals surface area (Å²) in [7, 11) is 0. The summed E-state index contributed by atoms with van der Waals surface area (Å²) in [4.78, 5) is 12.1. The molecule has 0 radical (unpaired) electrons. The number of nitrogens with zero attached hydrogens (tertiary/aromatic N) is 1. The SMILES string of the molecule is C=CCOC(C)c1c(C)c(C(=O)OCC)cc2cccn12. The number of rotatable bonds is 6. The minimum Gasteiger partial charge on any atom is -0.462 e. The molecule has 0 aliphatic heterocycles. The third-order valence-corrected chi connectivity index (χ3v) is 3.46. The van der Waals surface area contributed by atoms with Crippen molar-refractivity contribution < 1.29 is 14.3 Å². The molecule has 0 aliphatic carbocycles. The number of aromatic nitrogens is 1. The number of fused-ring (bicyclic) bond motifs is 1. The fraction of sp³-hybridized carbons (Fsp3) is 0.353. The van der Waals surface area contributed by atoms with Crippen molar-refractivity contribution in [2.45, 2.75) is 26.9 Å². The van der Waals surface area contributed by atoms with E-state index in [9.17, 15) is 4.79 Å². The van der Waals surface area contributed by atoms with Crippen molar-refractivity contribution >= 4 is 11.5 Å².